The molecule has 1 aromatic rings. The van der Waals surface area contributed by atoms with Crippen molar-refractivity contribution in [2.45, 2.75) is 19.4 Å². The van der Waals surface area contributed by atoms with E-state index >= 15 is 0 Å². The van der Waals surface area contributed by atoms with E-state index < -0.39 is 5.60 Å². The van der Waals surface area contributed by atoms with Gasteiger partial charge in [-0.25, -0.2) is 0 Å². The molecule has 0 saturated heterocycles. The first-order valence-electron chi connectivity index (χ1n) is 4.08. The van der Waals surface area contributed by atoms with Crippen molar-refractivity contribution in [2.75, 3.05) is 11.9 Å². The number of rotatable bonds is 2. The molecule has 1 aromatic heterocycles. The van der Waals surface area contributed by atoms with Crippen LogP contribution in [-0.4, -0.2) is 23.7 Å². The average molecular weight is 234 g/mol. The third-order valence-electron chi connectivity index (χ3n) is 1.72. The lowest BCUT2D eigenvalue weighted by Gasteiger charge is -2.23. The fraction of sp³-hybridized carbons (Fsp3) is 0.444. The minimum absolute atomic E-state index is 0.351. The van der Waals surface area contributed by atoms with Gasteiger partial charge in [-0.2, -0.15) is 0 Å². The second-order valence-electron chi connectivity index (χ2n) is 3.50. The zero-order valence-electron chi connectivity index (χ0n) is 8.24. The lowest BCUT2D eigenvalue weighted by molar-refractivity contribution is -0.133. The Morgan fingerprint density at radius 2 is 2.14 bits per heavy atom. The smallest absolute Gasteiger partial charge is 0.258 e. The third-order valence-corrected chi connectivity index (χ3v) is 3.03. The van der Waals surface area contributed by atoms with Crippen molar-refractivity contribution in [3.05, 3.63) is 16.5 Å². The molecule has 3 nitrogen and oxygen atoms in total. The predicted octanol–water partition coefficient (Wildman–Crippen LogP) is 2.14. The molecule has 0 spiro atoms. The number of anilines is 1. The third kappa shape index (κ3) is 2.47. The highest BCUT2D eigenvalue weighted by Crippen LogP contribution is 2.29. The van der Waals surface area contributed by atoms with Crippen molar-refractivity contribution in [1.82, 2.24) is 0 Å². The van der Waals surface area contributed by atoms with Gasteiger partial charge >= 0.3 is 0 Å². The number of hydrogen-bond donors (Lipinski definition) is 1. The van der Waals surface area contributed by atoms with Gasteiger partial charge in [0.15, 0.2) is 0 Å². The molecule has 0 atom stereocenters. The summed E-state index contributed by atoms with van der Waals surface area (Å²) >= 11 is 7.04. The zero-order chi connectivity index (χ0) is 10.9. The van der Waals surface area contributed by atoms with Crippen molar-refractivity contribution in [1.29, 1.82) is 0 Å². The molecule has 1 N–H and O–H groups in total. The molecule has 0 unspecified atom stereocenters. The summed E-state index contributed by atoms with van der Waals surface area (Å²) in [7, 11) is 1.61. The van der Waals surface area contributed by atoms with E-state index in [2.05, 4.69) is 0 Å². The summed E-state index contributed by atoms with van der Waals surface area (Å²) in [6.45, 7) is 2.92. The van der Waals surface area contributed by atoms with E-state index in [4.69, 9.17) is 11.6 Å². The number of halogens is 1. The van der Waals surface area contributed by atoms with Crippen LogP contribution >= 0.6 is 22.9 Å². The molecule has 1 rings (SSSR count). The molecule has 0 bridgehead atoms. The molecule has 0 aliphatic carbocycles. The predicted molar refractivity (Wildman–Crippen MR) is 59.0 cm³/mol. The highest BCUT2D eigenvalue weighted by Gasteiger charge is 2.28. The van der Waals surface area contributed by atoms with Gasteiger partial charge in [0.1, 0.15) is 5.60 Å². The van der Waals surface area contributed by atoms with Gasteiger partial charge in [-0.3, -0.25) is 4.79 Å². The number of carbonyl (C=O) groups is 1. The van der Waals surface area contributed by atoms with Gasteiger partial charge < -0.3 is 10.0 Å². The van der Waals surface area contributed by atoms with E-state index in [0.29, 0.717) is 4.34 Å². The second-order valence-corrected chi connectivity index (χ2v) is 5.19. The molecule has 14 heavy (non-hydrogen) atoms. The van der Waals surface area contributed by atoms with Gasteiger partial charge in [-0.05, 0) is 26.0 Å². The van der Waals surface area contributed by atoms with E-state index in [9.17, 15) is 9.90 Å². The lowest BCUT2D eigenvalue weighted by atomic mass is 10.1. The van der Waals surface area contributed by atoms with E-state index in [0.717, 1.165) is 5.00 Å². The van der Waals surface area contributed by atoms with Crippen LogP contribution < -0.4 is 4.90 Å². The Kier molecular flexibility index (Phi) is 3.19. The minimum atomic E-state index is -1.36. The van der Waals surface area contributed by atoms with Crippen molar-refractivity contribution in [3.63, 3.8) is 0 Å². The summed E-state index contributed by atoms with van der Waals surface area (Å²) in [5, 5.41) is 10.2. The molecule has 78 valence electrons. The number of amides is 1. The molecular weight excluding hydrogens is 222 g/mol. The topological polar surface area (TPSA) is 40.5 Å². The van der Waals surface area contributed by atoms with Gasteiger partial charge in [-0.1, -0.05) is 11.6 Å². The van der Waals surface area contributed by atoms with E-state index in [1.165, 1.54) is 30.1 Å². The normalized spacial score (nSPS) is 11.5. The first kappa shape index (κ1) is 11.5. The molecule has 1 amide bonds. The summed E-state index contributed by atoms with van der Waals surface area (Å²) in [5.74, 6) is -0.351. The van der Waals surface area contributed by atoms with Crippen LogP contribution in [0.4, 0.5) is 5.00 Å². The highest BCUT2D eigenvalue weighted by atomic mass is 35.5. The summed E-state index contributed by atoms with van der Waals surface area (Å²) in [6.07, 6.45) is 0. The Labute approximate surface area is 91.9 Å². The maximum atomic E-state index is 11.6. The highest BCUT2D eigenvalue weighted by molar-refractivity contribution is 7.20. The van der Waals surface area contributed by atoms with Crippen LogP contribution in [0.25, 0.3) is 0 Å². The van der Waals surface area contributed by atoms with Crippen LogP contribution in [0.5, 0.6) is 0 Å². The van der Waals surface area contributed by atoms with Gasteiger partial charge in [-0.15, -0.1) is 11.3 Å². The van der Waals surface area contributed by atoms with Crippen LogP contribution in [0.3, 0.4) is 0 Å². The lowest BCUT2D eigenvalue weighted by Crippen LogP contribution is -2.42. The number of carbonyl (C=O) groups excluding carboxylic acids is 1. The van der Waals surface area contributed by atoms with Gasteiger partial charge in [0.25, 0.3) is 5.91 Å². The molecule has 1 heterocycles. The van der Waals surface area contributed by atoms with E-state index in [1.54, 1.807) is 19.2 Å². The van der Waals surface area contributed by atoms with E-state index in [1.807, 2.05) is 0 Å². The maximum absolute atomic E-state index is 11.6. The Bertz CT molecular complexity index is 343. The monoisotopic (exact) mass is 233 g/mol. The molecule has 0 fully saturated rings. The van der Waals surface area contributed by atoms with Gasteiger partial charge in [0, 0.05) is 7.05 Å². The summed E-state index contributed by atoms with van der Waals surface area (Å²) < 4.78 is 0.621. The fourth-order valence-electron chi connectivity index (χ4n) is 0.996. The largest absolute Gasteiger partial charge is 0.381 e. The second kappa shape index (κ2) is 3.88. The standard InChI is InChI=1S/C9H12ClNO2S/c1-9(2,13)8(12)11(3)7-5-4-6(10)14-7/h4-5,13H,1-3H3. The SMILES string of the molecule is CN(C(=O)C(C)(C)O)c1ccc(Cl)s1. The van der Waals surface area contributed by atoms with Crippen molar-refractivity contribution >= 4 is 33.8 Å². The summed E-state index contributed by atoms with van der Waals surface area (Å²) in [6, 6.07) is 3.46. The minimum Gasteiger partial charge on any atom is -0.381 e. The van der Waals surface area contributed by atoms with Crippen molar-refractivity contribution < 1.29 is 9.90 Å². The molecule has 5 heteroatoms. The summed E-state index contributed by atoms with van der Waals surface area (Å²) in [4.78, 5) is 13.0. The Hall–Kier alpha value is -0.580. The zero-order valence-corrected chi connectivity index (χ0v) is 9.82. The average Bonchev–Trinajstić information content (AvgIpc) is 2.47. The van der Waals surface area contributed by atoms with Crippen LogP contribution in [0.15, 0.2) is 12.1 Å². The number of hydrogen-bond acceptors (Lipinski definition) is 3. The van der Waals surface area contributed by atoms with Crippen molar-refractivity contribution in [3.8, 4) is 0 Å². The molecule has 0 aromatic carbocycles. The van der Waals surface area contributed by atoms with Gasteiger partial charge in [0.05, 0.1) is 9.34 Å². The molecule has 0 aliphatic rings. The van der Waals surface area contributed by atoms with Crippen LogP contribution in [0.2, 0.25) is 4.34 Å². The first-order valence-corrected chi connectivity index (χ1v) is 5.27. The molecular formula is C9H12ClNO2S. The quantitative estimate of drug-likeness (QED) is 0.850. The van der Waals surface area contributed by atoms with Gasteiger partial charge in [0.2, 0.25) is 0 Å². The maximum Gasteiger partial charge on any atom is 0.258 e. The number of likely N-dealkylation sites (N-methyl/N-ethyl adjacent to an activating group) is 1. The first-order chi connectivity index (χ1) is 6.32. The van der Waals surface area contributed by atoms with Crippen LogP contribution in [0, 0.1) is 0 Å². The van der Waals surface area contributed by atoms with Crippen molar-refractivity contribution in [2.24, 2.45) is 0 Å². The molecule has 0 saturated carbocycles. The molecule has 0 radical (unpaired) electrons. The Morgan fingerprint density at radius 1 is 1.57 bits per heavy atom. The number of nitrogens with zero attached hydrogens (tertiary/aromatic N) is 1. The van der Waals surface area contributed by atoms with Crippen LogP contribution in [0.1, 0.15) is 13.8 Å². The van der Waals surface area contributed by atoms with E-state index in [-0.39, 0.29) is 5.91 Å². The Morgan fingerprint density at radius 3 is 2.50 bits per heavy atom. The Balaban J connectivity index is 2.86. The number of aliphatic hydroxyl groups is 1. The summed E-state index contributed by atoms with van der Waals surface area (Å²) in [5.41, 5.74) is -1.36. The fourth-order valence-corrected chi connectivity index (χ4v) is 1.99. The van der Waals surface area contributed by atoms with Crippen LogP contribution in [-0.2, 0) is 4.79 Å². The number of thiophene rings is 1. The molecule has 0 aliphatic heterocycles.